The minimum atomic E-state index is -0.421. The summed E-state index contributed by atoms with van der Waals surface area (Å²) in [5.74, 6) is 0.628. The Morgan fingerprint density at radius 2 is 1.93 bits per heavy atom. The molecule has 4 bridgehead atoms. The van der Waals surface area contributed by atoms with Crippen molar-refractivity contribution in [2.45, 2.75) is 58.9 Å². The maximum Gasteiger partial charge on any atom is 0.254 e. The van der Waals surface area contributed by atoms with E-state index in [9.17, 15) is 14.4 Å². The van der Waals surface area contributed by atoms with Crippen molar-refractivity contribution in [1.29, 1.82) is 0 Å². The fourth-order valence-electron chi connectivity index (χ4n) is 5.39. The Balaban J connectivity index is 1.34. The first kappa shape index (κ1) is 28.4. The van der Waals surface area contributed by atoms with Gasteiger partial charge in [-0.25, -0.2) is 0 Å². The summed E-state index contributed by atoms with van der Waals surface area (Å²) in [6.07, 6.45) is 0.592. The summed E-state index contributed by atoms with van der Waals surface area (Å²) < 4.78 is 14.3. The lowest BCUT2D eigenvalue weighted by atomic mass is 10.0. The number of nitrogens with one attached hydrogen (secondary N) is 1. The number of ether oxygens (including phenoxy) is 2. The molecule has 0 saturated carbocycles. The fourth-order valence-corrected chi connectivity index (χ4v) is 5.39. The highest BCUT2D eigenvalue weighted by Crippen LogP contribution is 2.28. The monoisotopic (exact) mass is 559 g/mol. The Bertz CT molecular complexity index is 1450. The molecule has 2 atom stereocenters. The molecule has 10 nitrogen and oxygen atoms in total. The average molecular weight is 560 g/mol. The van der Waals surface area contributed by atoms with E-state index in [4.69, 9.17) is 9.47 Å². The van der Waals surface area contributed by atoms with Crippen molar-refractivity contribution >= 4 is 17.7 Å². The molecule has 0 unspecified atom stereocenters. The van der Waals surface area contributed by atoms with Gasteiger partial charge in [0.1, 0.15) is 11.5 Å². The van der Waals surface area contributed by atoms with E-state index in [2.05, 4.69) is 10.4 Å². The predicted octanol–water partition coefficient (Wildman–Crippen LogP) is 3.38. The number of rotatable bonds is 3. The average Bonchev–Trinajstić information content (AvgIpc) is 3.27. The molecule has 2 aliphatic heterocycles. The Labute approximate surface area is 240 Å². The van der Waals surface area contributed by atoms with E-state index in [-0.39, 0.29) is 30.4 Å². The van der Waals surface area contributed by atoms with Crippen LogP contribution in [0.3, 0.4) is 0 Å². The summed E-state index contributed by atoms with van der Waals surface area (Å²) in [4.78, 5) is 42.6. The zero-order chi connectivity index (χ0) is 29.1. The number of likely N-dealkylation sites (tertiary alicyclic amines) is 1. The first-order valence-corrected chi connectivity index (χ1v) is 14.0. The largest absolute Gasteiger partial charge is 0.457 e. The van der Waals surface area contributed by atoms with Crippen molar-refractivity contribution < 1.29 is 23.9 Å². The van der Waals surface area contributed by atoms with Gasteiger partial charge in [-0.05, 0) is 68.7 Å². The number of hydrogen-bond acceptors (Lipinski definition) is 6. The number of carbonyl (C=O) groups excluding carboxylic acids is 3. The van der Waals surface area contributed by atoms with E-state index in [1.165, 1.54) is 4.90 Å². The van der Waals surface area contributed by atoms with Crippen LogP contribution in [0.2, 0.25) is 0 Å². The van der Waals surface area contributed by atoms with Crippen molar-refractivity contribution in [2.75, 3.05) is 26.7 Å². The van der Waals surface area contributed by atoms with Crippen LogP contribution in [0.1, 0.15) is 45.7 Å². The van der Waals surface area contributed by atoms with Gasteiger partial charge >= 0.3 is 0 Å². The van der Waals surface area contributed by atoms with Crippen molar-refractivity contribution in [3.05, 3.63) is 76.6 Å². The number of fused-ring (bicyclic) bond motifs is 5. The molecule has 1 saturated heterocycles. The Kier molecular flexibility index (Phi) is 8.39. The highest BCUT2D eigenvalue weighted by Gasteiger charge is 2.33. The van der Waals surface area contributed by atoms with Crippen molar-refractivity contribution in [3.8, 4) is 11.5 Å². The Hall–Kier alpha value is -4.18. The zero-order valence-electron chi connectivity index (χ0n) is 24.1. The van der Waals surface area contributed by atoms with E-state index >= 15 is 0 Å². The van der Waals surface area contributed by atoms with Gasteiger partial charge in [-0.15, -0.1) is 0 Å². The van der Waals surface area contributed by atoms with Crippen LogP contribution in [0.15, 0.2) is 48.5 Å². The second-order valence-electron chi connectivity index (χ2n) is 10.9. The highest BCUT2D eigenvalue weighted by molar-refractivity contribution is 5.96. The number of likely N-dealkylation sites (N-methyl/N-ethyl adjacent to an activating group) is 1. The van der Waals surface area contributed by atoms with Gasteiger partial charge in [0.15, 0.2) is 0 Å². The van der Waals surface area contributed by atoms with Gasteiger partial charge < -0.3 is 24.6 Å². The van der Waals surface area contributed by atoms with Crippen LogP contribution < -0.4 is 10.1 Å². The molecular weight excluding hydrogens is 522 g/mol. The summed E-state index contributed by atoms with van der Waals surface area (Å²) >= 11 is 0. The molecule has 0 radical (unpaired) electrons. The van der Waals surface area contributed by atoms with Crippen LogP contribution in [0.5, 0.6) is 11.5 Å². The van der Waals surface area contributed by atoms with E-state index in [1.807, 2.05) is 61.9 Å². The van der Waals surface area contributed by atoms with Crippen LogP contribution in [-0.4, -0.2) is 76.1 Å². The summed E-state index contributed by atoms with van der Waals surface area (Å²) in [6, 6.07) is 14.5. The van der Waals surface area contributed by atoms with Gasteiger partial charge in [-0.1, -0.05) is 18.2 Å². The Morgan fingerprint density at radius 3 is 2.71 bits per heavy atom. The van der Waals surface area contributed by atoms with Gasteiger partial charge in [-0.2, -0.15) is 5.10 Å². The lowest BCUT2D eigenvalue weighted by Gasteiger charge is -2.39. The molecule has 216 valence electrons. The quantitative estimate of drug-likeness (QED) is 0.528. The Morgan fingerprint density at radius 1 is 1.10 bits per heavy atom. The number of nitrogens with zero attached hydrogens (tertiary/aromatic N) is 4. The summed E-state index contributed by atoms with van der Waals surface area (Å²) in [5.41, 5.74) is 4.19. The van der Waals surface area contributed by atoms with Gasteiger partial charge in [0.2, 0.25) is 11.8 Å². The first-order chi connectivity index (χ1) is 19.7. The van der Waals surface area contributed by atoms with Gasteiger partial charge in [-0.3, -0.25) is 19.1 Å². The maximum atomic E-state index is 13.2. The molecule has 1 N–H and O–H groups in total. The number of benzene rings is 2. The lowest BCUT2D eigenvalue weighted by Crippen LogP contribution is -2.58. The second-order valence-corrected chi connectivity index (χ2v) is 10.9. The standard InChI is InChI=1S/C31H37N5O5/c1-20-8-9-24-16-28(20)41-25-7-5-6-23(15-25)19-40-27-10-12-35(17-26(27)32-29(37)18-34(4)31(24)39)30(38)11-13-36-22(3)14-21(2)33-36/h5-9,14-16,26-27H,10-13,17-19H2,1-4H3,(H,32,37)/t26-,27+/m0/s1. The molecule has 3 amide bonds. The van der Waals surface area contributed by atoms with Crippen molar-refractivity contribution in [2.24, 2.45) is 0 Å². The van der Waals surface area contributed by atoms with Crippen LogP contribution in [0, 0.1) is 20.8 Å². The third-order valence-electron chi connectivity index (χ3n) is 7.64. The van der Waals surface area contributed by atoms with Gasteiger partial charge in [0.25, 0.3) is 5.91 Å². The third-order valence-corrected chi connectivity index (χ3v) is 7.64. The molecule has 2 aliphatic rings. The molecule has 10 heteroatoms. The van der Waals surface area contributed by atoms with Gasteiger partial charge in [0.05, 0.1) is 31.0 Å². The molecule has 3 heterocycles. The third kappa shape index (κ3) is 6.77. The molecule has 2 aromatic carbocycles. The van der Waals surface area contributed by atoms with Crippen LogP contribution >= 0.6 is 0 Å². The molecular formula is C31H37N5O5. The van der Waals surface area contributed by atoms with Crippen LogP contribution in [-0.2, 0) is 27.5 Å². The molecule has 5 rings (SSSR count). The van der Waals surface area contributed by atoms with Crippen molar-refractivity contribution in [3.63, 3.8) is 0 Å². The molecule has 0 spiro atoms. The number of piperidine rings is 1. The molecule has 41 heavy (non-hydrogen) atoms. The van der Waals surface area contributed by atoms with E-state index in [1.54, 1.807) is 24.1 Å². The highest BCUT2D eigenvalue weighted by atomic mass is 16.5. The van der Waals surface area contributed by atoms with E-state index in [0.717, 1.165) is 22.5 Å². The van der Waals surface area contributed by atoms with Gasteiger partial charge in [0, 0.05) is 44.4 Å². The lowest BCUT2D eigenvalue weighted by molar-refractivity contribution is -0.137. The zero-order valence-corrected chi connectivity index (χ0v) is 24.1. The summed E-state index contributed by atoms with van der Waals surface area (Å²) in [7, 11) is 1.60. The molecule has 1 aromatic heterocycles. The molecule has 3 aromatic rings. The number of amides is 3. The van der Waals surface area contributed by atoms with Crippen LogP contribution in [0.25, 0.3) is 0 Å². The first-order valence-electron chi connectivity index (χ1n) is 14.0. The summed E-state index contributed by atoms with van der Waals surface area (Å²) in [5, 5.41) is 7.50. The van der Waals surface area contributed by atoms with Crippen molar-refractivity contribution in [1.82, 2.24) is 24.9 Å². The topological polar surface area (TPSA) is 106 Å². The van der Waals surface area contributed by atoms with E-state index < -0.39 is 6.04 Å². The summed E-state index contributed by atoms with van der Waals surface area (Å²) in [6.45, 7) is 7.39. The number of hydrogen-bond donors (Lipinski definition) is 1. The fraction of sp³-hybridized carbons (Fsp3) is 0.419. The number of aryl methyl sites for hydroxylation is 4. The minimum Gasteiger partial charge on any atom is -0.457 e. The minimum absolute atomic E-state index is 0.00437. The van der Waals surface area contributed by atoms with Crippen LogP contribution in [0.4, 0.5) is 0 Å². The molecule has 0 aliphatic carbocycles. The normalized spacial score (nSPS) is 19.8. The van der Waals surface area contributed by atoms with E-state index in [0.29, 0.717) is 56.1 Å². The predicted molar refractivity (Wildman–Crippen MR) is 153 cm³/mol. The number of carbonyl (C=O) groups is 3. The maximum absolute atomic E-state index is 13.2. The SMILES string of the molecule is Cc1cc(C)n(CCC(=O)N2CC[C@H]3OCc4cccc(c4)Oc4cc(ccc4C)C(=O)N(C)CC(=O)N[C@H]3C2)n1. The number of aromatic nitrogens is 2. The second kappa shape index (κ2) is 12.1. The molecule has 1 fully saturated rings. The smallest absolute Gasteiger partial charge is 0.254 e.